The number of nitrogens with two attached hydrogens (primary N) is 1. The molecular formula is C68H146N10. The number of nitrogens with one attached hydrogen (secondary N) is 8. The fraction of sp³-hybridized carbons (Fsp3) is 1.00. The zero-order valence-corrected chi connectivity index (χ0v) is 55.1. The van der Waals surface area contributed by atoms with Crippen molar-refractivity contribution in [3.05, 3.63) is 0 Å². The normalized spacial score (nSPS) is 16.9. The minimum atomic E-state index is -0.831. The summed E-state index contributed by atoms with van der Waals surface area (Å²) in [6.45, 7) is 31.7. The Hall–Kier alpha value is -0.400. The fourth-order valence-corrected chi connectivity index (χ4v) is 12.6. The quantitative estimate of drug-likeness (QED) is 0.0165. The highest BCUT2D eigenvalue weighted by molar-refractivity contribution is 5.10. The van der Waals surface area contributed by atoms with Gasteiger partial charge in [-0.3, -0.25) is 31.9 Å². The maximum absolute atomic E-state index is 8.61. The largest absolute Gasteiger partial charge is 0.309 e. The third-order valence-corrected chi connectivity index (χ3v) is 17.6. The summed E-state index contributed by atoms with van der Waals surface area (Å²) in [5.74, 6) is -0.173. The van der Waals surface area contributed by atoms with Crippen LogP contribution in [0.25, 0.3) is 0 Å². The van der Waals surface area contributed by atoms with E-state index < -0.39 is 11.4 Å². The number of nitrogens with zero attached hydrogens (tertiary/aromatic N) is 1. The molecule has 0 bridgehead atoms. The molecule has 10 N–H and O–H groups in total. The van der Waals surface area contributed by atoms with Crippen molar-refractivity contribution in [3.63, 3.8) is 0 Å². The van der Waals surface area contributed by atoms with E-state index >= 15 is 0 Å². The fourth-order valence-electron chi connectivity index (χ4n) is 12.6. The van der Waals surface area contributed by atoms with Gasteiger partial charge in [0.1, 0.15) is 11.4 Å². The molecule has 0 aromatic carbocycles. The van der Waals surface area contributed by atoms with Crippen molar-refractivity contribution < 1.29 is 0 Å². The first-order valence-electron chi connectivity index (χ1n) is 35.5. The van der Waals surface area contributed by atoms with E-state index in [4.69, 9.17) is 5.73 Å². The van der Waals surface area contributed by atoms with E-state index in [1.165, 1.54) is 244 Å². The van der Waals surface area contributed by atoms with E-state index in [-0.39, 0.29) is 17.2 Å². The van der Waals surface area contributed by atoms with Crippen LogP contribution in [0, 0.1) is 11.8 Å². The lowest BCUT2D eigenvalue weighted by atomic mass is 9.77. The van der Waals surface area contributed by atoms with Crippen LogP contribution in [0.5, 0.6) is 0 Å². The average molecular weight is 1100 g/mol. The van der Waals surface area contributed by atoms with Gasteiger partial charge >= 0.3 is 0 Å². The first-order valence-corrected chi connectivity index (χ1v) is 35.5. The van der Waals surface area contributed by atoms with E-state index in [0.29, 0.717) is 12.0 Å². The first kappa shape index (κ1) is 75.6. The molecule has 0 heterocycles. The van der Waals surface area contributed by atoms with Crippen molar-refractivity contribution in [2.45, 2.75) is 387 Å². The number of hydrogen-bond acceptors (Lipinski definition) is 10. The summed E-state index contributed by atoms with van der Waals surface area (Å²) in [6, 6.07) is 0.597. The van der Waals surface area contributed by atoms with Crippen LogP contribution in [0.3, 0.4) is 0 Å². The molecular weight excluding hydrogens is 957 g/mol. The van der Waals surface area contributed by atoms with Gasteiger partial charge in [-0.2, -0.15) is 0 Å². The highest BCUT2D eigenvalue weighted by atomic mass is 15.8. The maximum atomic E-state index is 8.61. The predicted molar refractivity (Wildman–Crippen MR) is 348 cm³/mol. The molecule has 5 unspecified atom stereocenters. The molecule has 10 heteroatoms. The molecule has 0 spiro atoms. The average Bonchev–Trinajstić information content (AvgIpc) is 3.56. The molecule has 1 aliphatic carbocycles. The van der Waals surface area contributed by atoms with E-state index in [1.54, 1.807) is 0 Å². The zero-order valence-electron chi connectivity index (χ0n) is 55.1. The Balaban J connectivity index is 3.77. The molecule has 468 valence electrons. The lowest BCUT2D eigenvalue weighted by Gasteiger charge is -2.59. The molecule has 1 aliphatic rings. The van der Waals surface area contributed by atoms with Crippen molar-refractivity contribution in [1.29, 1.82) is 0 Å². The minimum Gasteiger partial charge on any atom is -0.309 e. The molecule has 0 radical (unpaired) electrons. The number of rotatable bonds is 59. The van der Waals surface area contributed by atoms with Crippen LogP contribution in [-0.4, -0.2) is 73.2 Å². The Morgan fingerprint density at radius 1 is 0.423 bits per heavy atom. The smallest absolute Gasteiger partial charge is 0.185 e. The summed E-state index contributed by atoms with van der Waals surface area (Å²) < 4.78 is 0. The second kappa shape index (κ2) is 50.0. The molecule has 5 atom stereocenters. The lowest BCUT2D eigenvalue weighted by Crippen LogP contribution is -2.91. The van der Waals surface area contributed by atoms with Gasteiger partial charge in [0.15, 0.2) is 5.79 Å². The zero-order chi connectivity index (χ0) is 57.3. The summed E-state index contributed by atoms with van der Waals surface area (Å²) in [7, 11) is 0. The van der Waals surface area contributed by atoms with Gasteiger partial charge in [0, 0.05) is 24.7 Å². The standard InChI is InChI=1S/C68H146N10/c1-12-20-27-31-33-34-39-49-60-74-78(75-61-62(19-8)50-25-17-6)68(72-58-45-24-16-5,73-59-46-30-23-15-4)67(69,77-65(9,10)11)63(51-26-18-7)52-41-35-36-44-55-66(70-56-47-37-29-22-14-3,76-64-53-42-40-43-54-64)71-57-48-38-32-28-21-13-2/h62-64,70-77H,12-61,69H2,1-11H3. The summed E-state index contributed by atoms with van der Waals surface area (Å²) in [5, 5.41) is 28.2. The Bertz CT molecular complexity index is 1260. The van der Waals surface area contributed by atoms with Crippen molar-refractivity contribution in [2.75, 3.05) is 39.3 Å². The molecule has 1 saturated carbocycles. The summed E-state index contributed by atoms with van der Waals surface area (Å²) in [6.07, 6.45) is 55.8. The Morgan fingerprint density at radius 3 is 1.32 bits per heavy atom. The number of hydrazine groups is 2. The molecule has 10 nitrogen and oxygen atoms in total. The lowest BCUT2D eigenvalue weighted by molar-refractivity contribution is -0.149. The van der Waals surface area contributed by atoms with Crippen molar-refractivity contribution >= 4 is 0 Å². The van der Waals surface area contributed by atoms with E-state index in [0.717, 1.165) is 77.8 Å². The van der Waals surface area contributed by atoms with Gasteiger partial charge in [-0.15, -0.1) is 5.12 Å². The van der Waals surface area contributed by atoms with Crippen molar-refractivity contribution in [3.8, 4) is 0 Å². The molecule has 0 aromatic rings. The van der Waals surface area contributed by atoms with Crippen LogP contribution in [-0.2, 0) is 0 Å². The Kier molecular flexibility index (Phi) is 48.4. The van der Waals surface area contributed by atoms with Crippen LogP contribution in [0.15, 0.2) is 0 Å². The third kappa shape index (κ3) is 35.0. The third-order valence-electron chi connectivity index (χ3n) is 17.6. The van der Waals surface area contributed by atoms with Gasteiger partial charge in [-0.05, 0) is 136 Å². The first-order chi connectivity index (χ1) is 37.9. The molecule has 0 aliphatic heterocycles. The monoisotopic (exact) mass is 1100 g/mol. The van der Waals surface area contributed by atoms with E-state index in [2.05, 4.69) is 124 Å². The van der Waals surface area contributed by atoms with E-state index in [9.17, 15) is 0 Å². The highest BCUT2D eigenvalue weighted by Crippen LogP contribution is 2.36. The van der Waals surface area contributed by atoms with Gasteiger partial charge in [-0.25, -0.2) is 10.9 Å². The second-order valence-corrected chi connectivity index (χ2v) is 26.3. The van der Waals surface area contributed by atoms with Crippen LogP contribution in [0.2, 0.25) is 0 Å². The molecule has 1 rings (SSSR count). The van der Waals surface area contributed by atoms with Crippen LogP contribution >= 0.6 is 0 Å². The van der Waals surface area contributed by atoms with Gasteiger partial charge < -0.3 is 5.73 Å². The summed E-state index contributed by atoms with van der Waals surface area (Å²) >= 11 is 0. The summed E-state index contributed by atoms with van der Waals surface area (Å²) in [5.41, 5.74) is 15.9. The second-order valence-electron chi connectivity index (χ2n) is 26.3. The molecule has 0 amide bonds. The SMILES string of the molecule is CCCCCCCCCCNN(NCC(CC)CCCC)C(NCCCCC)(NCCCCCC)C(N)(NC(C)(C)C)C(CCCC)CCCCCCC(NCCCCCCC)(NCCCCCCCC)NC1CCCCC1. The van der Waals surface area contributed by atoms with Crippen LogP contribution in [0.1, 0.15) is 359 Å². The van der Waals surface area contributed by atoms with Gasteiger partial charge in [0.2, 0.25) is 0 Å². The molecule has 0 saturated heterocycles. The Labute approximate surface area is 490 Å². The van der Waals surface area contributed by atoms with Crippen LogP contribution in [0.4, 0.5) is 0 Å². The van der Waals surface area contributed by atoms with Gasteiger partial charge in [0.25, 0.3) is 0 Å². The highest BCUT2D eigenvalue weighted by Gasteiger charge is 2.58. The minimum absolute atomic E-state index is 0.194. The maximum Gasteiger partial charge on any atom is 0.185 e. The molecule has 78 heavy (non-hydrogen) atoms. The topological polar surface area (TPSA) is 126 Å². The Morgan fingerprint density at radius 2 is 0.821 bits per heavy atom. The van der Waals surface area contributed by atoms with Gasteiger partial charge in [0.05, 0.1) is 0 Å². The predicted octanol–water partition coefficient (Wildman–Crippen LogP) is 17.5. The summed E-state index contributed by atoms with van der Waals surface area (Å²) in [4.78, 5) is 0. The van der Waals surface area contributed by atoms with Crippen LogP contribution < -0.4 is 48.5 Å². The van der Waals surface area contributed by atoms with E-state index in [1.807, 2.05) is 0 Å². The molecule has 1 fully saturated rings. The van der Waals surface area contributed by atoms with Gasteiger partial charge in [-0.1, -0.05) is 261 Å². The van der Waals surface area contributed by atoms with Crippen molar-refractivity contribution in [2.24, 2.45) is 17.6 Å². The van der Waals surface area contributed by atoms with Crippen molar-refractivity contribution in [1.82, 2.24) is 47.9 Å². The number of unbranched alkanes of at least 4 members (excludes halogenated alkanes) is 26. The number of hydrogen-bond donors (Lipinski definition) is 9. The molecule has 0 aromatic heterocycles.